The molecule has 1 aliphatic carbocycles. The second kappa shape index (κ2) is 8.39. The number of amides is 2. The van der Waals surface area contributed by atoms with Gasteiger partial charge in [-0.2, -0.15) is 0 Å². The molecule has 1 fully saturated rings. The largest absolute Gasteiger partial charge is 0.465 e. The number of nitrogens with two attached hydrogens (primary N) is 1. The predicted molar refractivity (Wildman–Crippen MR) is 103 cm³/mol. The average molecular weight is 395 g/mol. The number of thiophene rings is 1. The SMILES string of the molecule is COC(=O)c1c(NC(=O)C[NH+]2CCC(C(N)=O)CC2)sc2c1CC[C@@H](C)C2. The maximum atomic E-state index is 12.6. The minimum atomic E-state index is -0.382. The summed E-state index contributed by atoms with van der Waals surface area (Å²) in [6.07, 6.45) is 4.26. The summed E-state index contributed by atoms with van der Waals surface area (Å²) in [4.78, 5) is 38.5. The summed E-state index contributed by atoms with van der Waals surface area (Å²) in [5.41, 5.74) is 6.93. The van der Waals surface area contributed by atoms with Crippen molar-refractivity contribution in [3.63, 3.8) is 0 Å². The lowest BCUT2D eigenvalue weighted by molar-refractivity contribution is -0.897. The summed E-state index contributed by atoms with van der Waals surface area (Å²) >= 11 is 1.50. The van der Waals surface area contributed by atoms with E-state index in [-0.39, 0.29) is 23.7 Å². The Morgan fingerprint density at radius 1 is 1.26 bits per heavy atom. The molecule has 0 spiro atoms. The van der Waals surface area contributed by atoms with E-state index in [1.807, 2.05) is 0 Å². The summed E-state index contributed by atoms with van der Waals surface area (Å²) in [5, 5.41) is 3.55. The van der Waals surface area contributed by atoms with Gasteiger partial charge in [-0.05, 0) is 30.7 Å². The molecule has 2 amide bonds. The molecule has 0 saturated carbocycles. The molecule has 8 heteroatoms. The van der Waals surface area contributed by atoms with E-state index >= 15 is 0 Å². The number of hydrogen-bond acceptors (Lipinski definition) is 5. The van der Waals surface area contributed by atoms with Gasteiger partial charge in [-0.25, -0.2) is 4.79 Å². The molecule has 1 saturated heterocycles. The summed E-state index contributed by atoms with van der Waals surface area (Å²) in [6.45, 7) is 4.04. The molecule has 2 aliphatic rings. The molecule has 3 rings (SSSR count). The van der Waals surface area contributed by atoms with Crippen LogP contribution in [0.4, 0.5) is 5.00 Å². The van der Waals surface area contributed by atoms with Crippen molar-refractivity contribution in [3.8, 4) is 0 Å². The predicted octanol–water partition coefficient (Wildman–Crippen LogP) is 0.378. The Bertz CT molecular complexity index is 738. The first-order chi connectivity index (χ1) is 12.9. The molecular weight excluding hydrogens is 366 g/mol. The van der Waals surface area contributed by atoms with E-state index in [9.17, 15) is 14.4 Å². The highest BCUT2D eigenvalue weighted by atomic mass is 32.1. The highest BCUT2D eigenvalue weighted by Gasteiger charge is 2.30. The van der Waals surface area contributed by atoms with Crippen molar-refractivity contribution in [2.24, 2.45) is 17.6 Å². The normalized spacial score (nSPS) is 24.7. The molecule has 0 unspecified atom stereocenters. The fourth-order valence-electron chi connectivity index (χ4n) is 4.04. The summed E-state index contributed by atoms with van der Waals surface area (Å²) in [6, 6.07) is 0. The minimum absolute atomic E-state index is 0.0752. The number of piperidine rings is 1. The fourth-order valence-corrected chi connectivity index (χ4v) is 5.46. The number of anilines is 1. The van der Waals surface area contributed by atoms with Gasteiger partial charge >= 0.3 is 5.97 Å². The van der Waals surface area contributed by atoms with E-state index in [0.717, 1.165) is 55.7 Å². The Hall–Kier alpha value is -1.93. The Labute approximate surface area is 163 Å². The van der Waals surface area contributed by atoms with Crippen molar-refractivity contribution in [1.29, 1.82) is 0 Å². The molecule has 1 aromatic rings. The number of carbonyl (C=O) groups excluding carboxylic acids is 3. The van der Waals surface area contributed by atoms with Crippen LogP contribution in [0.5, 0.6) is 0 Å². The molecule has 7 nitrogen and oxygen atoms in total. The van der Waals surface area contributed by atoms with E-state index in [1.165, 1.54) is 23.3 Å². The number of likely N-dealkylation sites (tertiary alicyclic amines) is 1. The molecular formula is C19H28N3O4S+. The van der Waals surface area contributed by atoms with Crippen LogP contribution in [0, 0.1) is 11.8 Å². The molecule has 1 aromatic heterocycles. The monoisotopic (exact) mass is 394 g/mol. The molecule has 0 bridgehead atoms. The van der Waals surface area contributed by atoms with Gasteiger partial charge in [0.25, 0.3) is 5.91 Å². The average Bonchev–Trinajstić information content (AvgIpc) is 2.98. The number of quaternary nitrogens is 1. The number of ether oxygens (including phenoxy) is 1. The van der Waals surface area contributed by atoms with Crippen molar-refractivity contribution in [2.45, 2.75) is 39.0 Å². The lowest BCUT2D eigenvalue weighted by Crippen LogP contribution is -3.14. The van der Waals surface area contributed by atoms with Crippen LogP contribution in [0.15, 0.2) is 0 Å². The second-order valence-corrected chi connectivity index (χ2v) is 8.80. The Kier molecular flexibility index (Phi) is 6.16. The van der Waals surface area contributed by atoms with Gasteiger partial charge in [0.05, 0.1) is 25.8 Å². The number of hydrogen-bond donors (Lipinski definition) is 3. The lowest BCUT2D eigenvalue weighted by atomic mass is 9.88. The van der Waals surface area contributed by atoms with Crippen molar-refractivity contribution in [1.82, 2.24) is 0 Å². The van der Waals surface area contributed by atoms with Gasteiger partial charge in [0.15, 0.2) is 6.54 Å². The summed E-state index contributed by atoms with van der Waals surface area (Å²) < 4.78 is 4.96. The molecule has 1 atom stereocenters. The van der Waals surface area contributed by atoms with Crippen LogP contribution in [0.25, 0.3) is 0 Å². The number of carbonyl (C=O) groups is 3. The third-order valence-corrected chi connectivity index (χ3v) is 6.83. The molecule has 0 aromatic carbocycles. The number of rotatable bonds is 5. The zero-order valence-electron chi connectivity index (χ0n) is 15.9. The summed E-state index contributed by atoms with van der Waals surface area (Å²) in [7, 11) is 1.37. The molecule has 1 aliphatic heterocycles. The van der Waals surface area contributed by atoms with Crippen LogP contribution in [0.1, 0.15) is 47.0 Å². The van der Waals surface area contributed by atoms with Crippen LogP contribution in [0.2, 0.25) is 0 Å². The molecule has 27 heavy (non-hydrogen) atoms. The third kappa shape index (κ3) is 4.50. The lowest BCUT2D eigenvalue weighted by Gasteiger charge is -2.27. The number of methoxy groups -OCH3 is 1. The van der Waals surface area contributed by atoms with Gasteiger partial charge in [0.2, 0.25) is 5.91 Å². The van der Waals surface area contributed by atoms with Gasteiger partial charge in [0.1, 0.15) is 5.00 Å². The van der Waals surface area contributed by atoms with E-state index in [4.69, 9.17) is 10.5 Å². The van der Waals surface area contributed by atoms with Gasteiger partial charge in [0, 0.05) is 23.6 Å². The van der Waals surface area contributed by atoms with Crippen LogP contribution in [0.3, 0.4) is 0 Å². The first-order valence-corrected chi connectivity index (χ1v) is 10.4. The van der Waals surface area contributed by atoms with Crippen LogP contribution in [-0.4, -0.2) is 44.5 Å². The molecule has 148 valence electrons. The number of nitrogens with one attached hydrogen (secondary N) is 2. The van der Waals surface area contributed by atoms with Crippen LogP contribution in [-0.2, 0) is 27.2 Å². The maximum Gasteiger partial charge on any atom is 0.341 e. The smallest absolute Gasteiger partial charge is 0.341 e. The topological polar surface area (TPSA) is 103 Å². The number of primary amides is 1. The van der Waals surface area contributed by atoms with Gasteiger partial charge in [-0.3, -0.25) is 9.59 Å². The van der Waals surface area contributed by atoms with Crippen LogP contribution >= 0.6 is 11.3 Å². The van der Waals surface area contributed by atoms with E-state index in [2.05, 4.69) is 12.2 Å². The van der Waals surface area contributed by atoms with Crippen molar-refractivity contribution in [3.05, 3.63) is 16.0 Å². The number of esters is 1. The van der Waals surface area contributed by atoms with Gasteiger partial charge in [-0.1, -0.05) is 6.92 Å². The highest BCUT2D eigenvalue weighted by molar-refractivity contribution is 7.17. The van der Waals surface area contributed by atoms with Crippen molar-refractivity contribution >= 4 is 34.1 Å². The first kappa shape index (κ1) is 19.8. The fraction of sp³-hybridized carbons (Fsp3) is 0.632. The van der Waals surface area contributed by atoms with E-state index < -0.39 is 0 Å². The Morgan fingerprint density at radius 2 is 1.96 bits per heavy atom. The first-order valence-electron chi connectivity index (χ1n) is 9.54. The van der Waals surface area contributed by atoms with Gasteiger partial charge < -0.3 is 20.7 Å². The van der Waals surface area contributed by atoms with E-state index in [0.29, 0.717) is 23.0 Å². The Morgan fingerprint density at radius 3 is 2.59 bits per heavy atom. The standard InChI is InChI=1S/C19H27N3O4S/c1-11-3-4-13-14(9-11)27-18(16(13)19(25)26-2)21-15(23)10-22-7-5-12(6-8-22)17(20)24/h11-12H,3-10H2,1-2H3,(H2,20,24)(H,21,23)/p+1/t11-/m1/s1. The zero-order chi connectivity index (χ0) is 19.6. The Balaban J connectivity index is 1.67. The molecule has 2 heterocycles. The minimum Gasteiger partial charge on any atom is -0.465 e. The third-order valence-electron chi connectivity index (χ3n) is 5.66. The highest BCUT2D eigenvalue weighted by Crippen LogP contribution is 2.39. The summed E-state index contributed by atoms with van der Waals surface area (Å²) in [5.74, 6) is -0.235. The quantitative estimate of drug-likeness (QED) is 0.628. The van der Waals surface area contributed by atoms with E-state index in [1.54, 1.807) is 0 Å². The van der Waals surface area contributed by atoms with Gasteiger partial charge in [-0.15, -0.1) is 11.3 Å². The van der Waals surface area contributed by atoms with Crippen molar-refractivity contribution < 1.29 is 24.0 Å². The van der Waals surface area contributed by atoms with Crippen molar-refractivity contribution in [2.75, 3.05) is 32.1 Å². The zero-order valence-corrected chi connectivity index (χ0v) is 16.7. The second-order valence-electron chi connectivity index (χ2n) is 7.70. The van der Waals surface area contributed by atoms with Crippen LogP contribution < -0.4 is 16.0 Å². The molecule has 4 N–H and O–H groups in total. The maximum absolute atomic E-state index is 12.6. The number of fused-ring (bicyclic) bond motifs is 1. The molecule has 0 radical (unpaired) electrons.